The maximum atomic E-state index is 13.3. The Bertz CT molecular complexity index is 931. The monoisotopic (exact) mass is 402 g/mol. The predicted molar refractivity (Wildman–Crippen MR) is 97.5 cm³/mol. The zero-order valence-electron chi connectivity index (χ0n) is 15.1. The molecule has 27 heavy (non-hydrogen) atoms. The van der Waals surface area contributed by atoms with Crippen LogP contribution in [0, 0.1) is 0 Å². The van der Waals surface area contributed by atoms with Gasteiger partial charge >= 0.3 is 6.18 Å². The van der Waals surface area contributed by atoms with E-state index in [0.717, 1.165) is 0 Å². The fourth-order valence-electron chi connectivity index (χ4n) is 3.20. The normalized spacial score (nSPS) is 19.7. The first-order valence-corrected chi connectivity index (χ1v) is 10.3. The number of rotatable bonds is 5. The van der Waals surface area contributed by atoms with E-state index in [2.05, 4.69) is 9.97 Å². The van der Waals surface area contributed by atoms with Gasteiger partial charge in [0, 0.05) is 24.5 Å². The maximum absolute atomic E-state index is 13.3. The summed E-state index contributed by atoms with van der Waals surface area (Å²) in [7, 11) is 0.500. The summed E-state index contributed by atoms with van der Waals surface area (Å²) in [5, 5.41) is 0.480. The molecule has 0 N–H and O–H groups in total. The van der Waals surface area contributed by atoms with Crippen molar-refractivity contribution in [2.24, 2.45) is 0 Å². The second kappa shape index (κ2) is 7.23. The summed E-state index contributed by atoms with van der Waals surface area (Å²) >= 11 is 0. The van der Waals surface area contributed by atoms with Crippen LogP contribution in [-0.4, -0.2) is 68.0 Å². The number of hydrogen-bond donors (Lipinski definition) is 0. The average molecular weight is 402 g/mol. The van der Waals surface area contributed by atoms with Crippen LogP contribution < -0.4 is 4.90 Å². The van der Waals surface area contributed by atoms with Crippen molar-refractivity contribution in [1.82, 2.24) is 14.9 Å². The third-order valence-electron chi connectivity index (χ3n) is 4.55. The molecule has 0 bridgehead atoms. The number of benzene rings is 1. The number of fused-ring (bicyclic) bond motifs is 1. The Labute approximate surface area is 155 Å². The lowest BCUT2D eigenvalue weighted by atomic mass is 10.1. The maximum Gasteiger partial charge on any atom is 0.451 e. The van der Waals surface area contributed by atoms with Crippen LogP contribution >= 0.6 is 0 Å². The largest absolute Gasteiger partial charge is 0.451 e. The predicted octanol–water partition coefficient (Wildman–Crippen LogP) is 2.20. The summed E-state index contributed by atoms with van der Waals surface area (Å²) in [6, 6.07) is 6.08. The van der Waals surface area contributed by atoms with Gasteiger partial charge in [-0.15, -0.1) is 0 Å². The van der Waals surface area contributed by atoms with Gasteiger partial charge in [-0.05, 0) is 32.6 Å². The van der Waals surface area contributed by atoms with Crippen molar-refractivity contribution in [2.75, 3.05) is 43.6 Å². The van der Waals surface area contributed by atoms with Crippen molar-refractivity contribution >= 4 is 26.6 Å². The van der Waals surface area contributed by atoms with Gasteiger partial charge in [-0.25, -0.2) is 18.4 Å². The van der Waals surface area contributed by atoms with Crippen molar-refractivity contribution in [3.63, 3.8) is 0 Å². The van der Waals surface area contributed by atoms with Gasteiger partial charge in [-0.3, -0.25) is 0 Å². The number of hydrogen-bond acceptors (Lipinski definition) is 6. The third kappa shape index (κ3) is 4.49. The second-order valence-electron chi connectivity index (χ2n) is 6.94. The molecular formula is C17H21F3N4O2S. The molecule has 0 aliphatic carbocycles. The van der Waals surface area contributed by atoms with Gasteiger partial charge in [0.1, 0.15) is 5.82 Å². The van der Waals surface area contributed by atoms with Gasteiger partial charge in [0.15, 0.2) is 9.84 Å². The first-order valence-electron chi connectivity index (χ1n) is 8.52. The summed E-state index contributed by atoms with van der Waals surface area (Å²) < 4.78 is 63.9. The Morgan fingerprint density at radius 2 is 1.85 bits per heavy atom. The van der Waals surface area contributed by atoms with Crippen LogP contribution in [0.5, 0.6) is 0 Å². The number of halogens is 3. The molecule has 0 saturated carbocycles. The number of nitrogens with zero attached hydrogens (tertiary/aromatic N) is 4. The molecular weight excluding hydrogens is 381 g/mol. The van der Waals surface area contributed by atoms with Gasteiger partial charge in [0.05, 0.1) is 17.0 Å². The number of sulfone groups is 1. The van der Waals surface area contributed by atoms with Crippen LogP contribution in [0.3, 0.4) is 0 Å². The van der Waals surface area contributed by atoms with Crippen LogP contribution in [-0.2, 0) is 16.0 Å². The van der Waals surface area contributed by atoms with Gasteiger partial charge in [-0.1, -0.05) is 12.1 Å². The van der Waals surface area contributed by atoms with Crippen LogP contribution in [0.1, 0.15) is 12.2 Å². The molecule has 1 fully saturated rings. The summed E-state index contributed by atoms with van der Waals surface area (Å²) in [5.41, 5.74) is 0.186. The average Bonchev–Trinajstić information content (AvgIpc) is 2.93. The lowest BCUT2D eigenvalue weighted by Crippen LogP contribution is -2.41. The van der Waals surface area contributed by atoms with E-state index in [1.54, 1.807) is 23.1 Å². The number of para-hydroxylation sites is 1. The van der Waals surface area contributed by atoms with E-state index in [4.69, 9.17) is 0 Å². The Morgan fingerprint density at radius 1 is 1.15 bits per heavy atom. The van der Waals surface area contributed by atoms with E-state index in [9.17, 15) is 21.6 Å². The molecule has 10 heteroatoms. The molecule has 2 aromatic rings. The molecule has 1 aromatic carbocycles. The molecule has 1 atom stereocenters. The second-order valence-corrected chi connectivity index (χ2v) is 9.17. The highest BCUT2D eigenvalue weighted by Crippen LogP contribution is 2.33. The van der Waals surface area contributed by atoms with E-state index in [1.807, 2.05) is 19.0 Å². The van der Waals surface area contributed by atoms with Gasteiger partial charge in [0.25, 0.3) is 0 Å². The number of likely N-dealkylation sites (N-methyl/N-ethyl adjacent to an activating group) is 1. The lowest BCUT2D eigenvalue weighted by molar-refractivity contribution is -0.144. The summed E-state index contributed by atoms with van der Waals surface area (Å²) in [6.45, 7) is 0.918. The van der Waals surface area contributed by atoms with Crippen molar-refractivity contribution in [2.45, 2.75) is 18.6 Å². The van der Waals surface area contributed by atoms with Crippen LogP contribution in [0.4, 0.5) is 19.0 Å². The molecule has 1 saturated heterocycles. The quantitative estimate of drug-likeness (QED) is 0.764. The zero-order chi connectivity index (χ0) is 19.8. The van der Waals surface area contributed by atoms with E-state index in [1.165, 1.54) is 6.07 Å². The molecule has 2 heterocycles. The molecule has 1 aromatic heterocycles. The summed E-state index contributed by atoms with van der Waals surface area (Å²) in [6.07, 6.45) is -4.32. The SMILES string of the molecule is CN(C)CCN(c1nc(C(F)(F)F)nc2ccccc12)C1CCS(=O)(=O)C1. The van der Waals surface area contributed by atoms with E-state index >= 15 is 0 Å². The molecule has 1 unspecified atom stereocenters. The molecule has 1 aliphatic rings. The Balaban J connectivity index is 2.13. The number of alkyl halides is 3. The third-order valence-corrected chi connectivity index (χ3v) is 6.30. The van der Waals surface area contributed by atoms with Crippen molar-refractivity contribution in [3.8, 4) is 0 Å². The molecule has 3 rings (SSSR count). The van der Waals surface area contributed by atoms with E-state index < -0.39 is 27.9 Å². The summed E-state index contributed by atoms with van der Waals surface area (Å²) in [5.74, 6) is -1.13. The Hall–Kier alpha value is -1.94. The molecule has 1 aliphatic heterocycles. The summed E-state index contributed by atoms with van der Waals surface area (Å²) in [4.78, 5) is 11.1. The van der Waals surface area contributed by atoms with E-state index in [-0.39, 0.29) is 22.8 Å². The topological polar surface area (TPSA) is 66.4 Å². The van der Waals surface area contributed by atoms with Gasteiger partial charge in [0.2, 0.25) is 5.82 Å². The van der Waals surface area contributed by atoms with Crippen LogP contribution in [0.15, 0.2) is 24.3 Å². The molecule has 0 radical (unpaired) electrons. The van der Waals surface area contributed by atoms with Crippen LogP contribution in [0.2, 0.25) is 0 Å². The molecule has 0 spiro atoms. The minimum atomic E-state index is -4.69. The van der Waals surface area contributed by atoms with Gasteiger partial charge < -0.3 is 9.80 Å². The smallest absolute Gasteiger partial charge is 0.351 e. The molecule has 148 valence electrons. The number of anilines is 1. The van der Waals surface area contributed by atoms with Crippen molar-refractivity contribution in [1.29, 1.82) is 0 Å². The van der Waals surface area contributed by atoms with Crippen molar-refractivity contribution < 1.29 is 21.6 Å². The minimum Gasteiger partial charge on any atom is -0.351 e. The first-order chi connectivity index (χ1) is 12.6. The number of aromatic nitrogens is 2. The fourth-order valence-corrected chi connectivity index (χ4v) is 4.93. The highest BCUT2D eigenvalue weighted by Gasteiger charge is 2.38. The molecule has 0 amide bonds. The van der Waals surface area contributed by atoms with Crippen molar-refractivity contribution in [3.05, 3.63) is 30.1 Å². The lowest BCUT2D eigenvalue weighted by Gasteiger charge is -2.31. The van der Waals surface area contributed by atoms with Crippen LogP contribution in [0.25, 0.3) is 10.9 Å². The Morgan fingerprint density at radius 3 is 2.44 bits per heavy atom. The molecule has 6 nitrogen and oxygen atoms in total. The first kappa shape index (κ1) is 19.8. The standard InChI is InChI=1S/C17H21F3N4O2S/c1-23(2)8-9-24(12-7-10-27(25,26)11-12)15-13-5-3-4-6-14(13)21-16(22-15)17(18,19)20/h3-6,12H,7-11H2,1-2H3. The van der Waals surface area contributed by atoms with Gasteiger partial charge in [-0.2, -0.15) is 13.2 Å². The van der Waals surface area contributed by atoms with E-state index in [0.29, 0.717) is 24.9 Å². The fraction of sp³-hybridized carbons (Fsp3) is 0.529. The highest BCUT2D eigenvalue weighted by molar-refractivity contribution is 7.91. The minimum absolute atomic E-state index is 0.0330. The highest BCUT2D eigenvalue weighted by atomic mass is 32.2. The Kier molecular flexibility index (Phi) is 5.31. The zero-order valence-corrected chi connectivity index (χ0v) is 15.9.